The monoisotopic (exact) mass is 404 g/mol. The van der Waals surface area contributed by atoms with Crippen LogP contribution in [0.4, 0.5) is 0 Å². The van der Waals surface area contributed by atoms with Gasteiger partial charge < -0.3 is 4.74 Å². The van der Waals surface area contributed by atoms with Crippen molar-refractivity contribution in [1.82, 2.24) is 0 Å². The van der Waals surface area contributed by atoms with Gasteiger partial charge in [0.25, 0.3) is 0 Å². The Morgan fingerprint density at radius 1 is 0.808 bits per heavy atom. The molecular formula is C15H16O9S2. The van der Waals surface area contributed by atoms with E-state index in [2.05, 4.69) is 8.37 Å². The van der Waals surface area contributed by atoms with E-state index >= 15 is 0 Å². The first-order chi connectivity index (χ1) is 12.1. The third-order valence-corrected chi connectivity index (χ3v) is 4.02. The molecule has 0 aliphatic carbocycles. The van der Waals surface area contributed by atoms with Crippen molar-refractivity contribution in [3.05, 3.63) is 66.2 Å². The fraction of sp³-hybridized carbons (Fsp3) is 0.200. The smallest absolute Gasteiger partial charge is 0.397 e. The van der Waals surface area contributed by atoms with Crippen LogP contribution in [-0.4, -0.2) is 38.7 Å². The van der Waals surface area contributed by atoms with E-state index in [1.807, 2.05) is 0 Å². The van der Waals surface area contributed by atoms with Gasteiger partial charge in [-0.05, 0) is 17.7 Å². The van der Waals surface area contributed by atoms with Crippen LogP contribution in [0.5, 0.6) is 5.75 Å². The van der Waals surface area contributed by atoms with Crippen LogP contribution in [0, 0.1) is 0 Å². The Balaban J connectivity index is 2.38. The topological polar surface area (TPSA) is 136 Å². The molecular weight excluding hydrogens is 388 g/mol. The number of hydrogen-bond donors (Lipinski definition) is 2. The van der Waals surface area contributed by atoms with Gasteiger partial charge in [-0.1, -0.05) is 48.5 Å². The van der Waals surface area contributed by atoms with Crippen molar-refractivity contribution >= 4 is 20.8 Å². The van der Waals surface area contributed by atoms with Crippen molar-refractivity contribution in [1.29, 1.82) is 0 Å². The second kappa shape index (κ2) is 8.58. The molecule has 0 spiro atoms. The zero-order chi connectivity index (χ0) is 19.2. The third-order valence-electron chi connectivity index (χ3n) is 3.10. The first kappa shape index (κ1) is 20.3. The highest BCUT2D eigenvalue weighted by Gasteiger charge is 2.32. The quantitative estimate of drug-likeness (QED) is 0.599. The highest BCUT2D eigenvalue weighted by atomic mass is 32.3. The number of benzene rings is 2. The van der Waals surface area contributed by atoms with Crippen molar-refractivity contribution in [2.24, 2.45) is 0 Å². The van der Waals surface area contributed by atoms with Gasteiger partial charge in [0.15, 0.2) is 6.10 Å². The Bertz CT molecular complexity index is 897. The summed E-state index contributed by atoms with van der Waals surface area (Å²) in [5.41, 5.74) is 0.420. The fourth-order valence-corrected chi connectivity index (χ4v) is 2.90. The normalized spacial score (nSPS) is 14.5. The molecule has 142 valence electrons. The molecule has 0 saturated carbocycles. The summed E-state index contributed by atoms with van der Waals surface area (Å²) in [4.78, 5) is 0. The van der Waals surface area contributed by atoms with E-state index in [0.717, 1.165) is 0 Å². The van der Waals surface area contributed by atoms with Crippen molar-refractivity contribution in [3.63, 3.8) is 0 Å². The summed E-state index contributed by atoms with van der Waals surface area (Å²) >= 11 is 0. The average Bonchev–Trinajstić information content (AvgIpc) is 2.57. The van der Waals surface area contributed by atoms with Crippen LogP contribution in [0.2, 0.25) is 0 Å². The lowest BCUT2D eigenvalue weighted by Crippen LogP contribution is -2.34. The van der Waals surface area contributed by atoms with E-state index in [-0.39, 0.29) is 0 Å². The fourth-order valence-electron chi connectivity index (χ4n) is 2.12. The highest BCUT2D eigenvalue weighted by molar-refractivity contribution is 7.81. The molecule has 0 radical (unpaired) electrons. The standard InChI is InChI=1S/C15H16O9S2/c16-25(17,18)22-11-14(24-26(19,20)21)15(12-7-3-1-4-8-12)23-13-9-5-2-6-10-13/h1-10,14-15H,11H2,(H,16,17,18)(H,19,20,21). The van der Waals surface area contributed by atoms with Gasteiger partial charge in [0, 0.05) is 0 Å². The van der Waals surface area contributed by atoms with E-state index in [1.54, 1.807) is 60.7 Å². The first-order valence-corrected chi connectivity index (χ1v) is 9.91. The van der Waals surface area contributed by atoms with Crippen molar-refractivity contribution < 1.29 is 39.0 Å². The minimum Gasteiger partial charge on any atom is -0.483 e. The maximum Gasteiger partial charge on any atom is 0.397 e. The Labute approximate surface area is 151 Å². The molecule has 26 heavy (non-hydrogen) atoms. The summed E-state index contributed by atoms with van der Waals surface area (Å²) in [7, 11) is -9.85. The van der Waals surface area contributed by atoms with Crippen LogP contribution < -0.4 is 4.74 Å². The van der Waals surface area contributed by atoms with Gasteiger partial charge in [-0.15, -0.1) is 0 Å². The Morgan fingerprint density at radius 3 is 1.85 bits per heavy atom. The number of rotatable bonds is 9. The molecule has 0 aliphatic rings. The van der Waals surface area contributed by atoms with E-state index in [0.29, 0.717) is 11.3 Å². The van der Waals surface area contributed by atoms with Gasteiger partial charge in [0.2, 0.25) is 0 Å². The maximum atomic E-state index is 11.2. The summed E-state index contributed by atoms with van der Waals surface area (Å²) in [6.07, 6.45) is -2.79. The first-order valence-electron chi connectivity index (χ1n) is 7.18. The van der Waals surface area contributed by atoms with Gasteiger partial charge in [0.05, 0.1) is 0 Å². The molecule has 2 unspecified atom stereocenters. The maximum absolute atomic E-state index is 11.2. The predicted octanol–water partition coefficient (Wildman–Crippen LogP) is 1.81. The summed E-state index contributed by atoms with van der Waals surface area (Å²) < 4.78 is 76.2. The van der Waals surface area contributed by atoms with E-state index in [1.165, 1.54) is 0 Å². The minimum absolute atomic E-state index is 0.331. The lowest BCUT2D eigenvalue weighted by atomic mass is 10.0. The third kappa shape index (κ3) is 7.07. The van der Waals surface area contributed by atoms with Gasteiger partial charge in [0.1, 0.15) is 18.5 Å². The van der Waals surface area contributed by atoms with Crippen LogP contribution in [0.3, 0.4) is 0 Å². The molecule has 0 fully saturated rings. The molecule has 0 amide bonds. The van der Waals surface area contributed by atoms with Gasteiger partial charge >= 0.3 is 20.8 Å². The summed E-state index contributed by atoms with van der Waals surface area (Å²) in [6.45, 7) is -0.926. The lowest BCUT2D eigenvalue weighted by Gasteiger charge is -2.26. The minimum atomic E-state index is -4.97. The van der Waals surface area contributed by atoms with Crippen molar-refractivity contribution in [2.45, 2.75) is 12.2 Å². The molecule has 9 nitrogen and oxygen atoms in total. The largest absolute Gasteiger partial charge is 0.483 e. The second-order valence-corrected chi connectivity index (χ2v) is 7.18. The number of hydrogen-bond acceptors (Lipinski definition) is 7. The zero-order valence-corrected chi connectivity index (χ0v) is 14.8. The molecule has 2 rings (SSSR count). The van der Waals surface area contributed by atoms with Crippen molar-refractivity contribution in [2.75, 3.05) is 6.61 Å². The summed E-state index contributed by atoms with van der Waals surface area (Å²) in [6, 6.07) is 16.4. The second-order valence-electron chi connectivity index (χ2n) is 5.04. The molecule has 0 aromatic heterocycles. The molecule has 11 heteroatoms. The van der Waals surface area contributed by atoms with Gasteiger partial charge in [-0.3, -0.25) is 9.11 Å². The molecule has 2 aromatic rings. The molecule has 2 atom stereocenters. The lowest BCUT2D eigenvalue weighted by molar-refractivity contribution is 0.0175. The summed E-state index contributed by atoms with van der Waals surface area (Å²) in [5, 5.41) is 0. The average molecular weight is 404 g/mol. The molecule has 0 aliphatic heterocycles. The highest BCUT2D eigenvalue weighted by Crippen LogP contribution is 2.28. The SMILES string of the molecule is O=S(=O)(O)OCC(OS(=O)(=O)O)C(Oc1ccccc1)c1ccccc1. The van der Waals surface area contributed by atoms with Gasteiger partial charge in [-0.2, -0.15) is 16.8 Å². The van der Waals surface area contributed by atoms with Gasteiger partial charge in [-0.25, -0.2) is 8.37 Å². The molecule has 2 N–H and O–H groups in total. The Morgan fingerprint density at radius 2 is 1.35 bits per heavy atom. The molecule has 0 bridgehead atoms. The number of ether oxygens (including phenoxy) is 1. The molecule has 0 heterocycles. The van der Waals surface area contributed by atoms with E-state index < -0.39 is 39.6 Å². The Kier molecular flexibility index (Phi) is 6.69. The Hall–Kier alpha value is -2.02. The molecule has 0 saturated heterocycles. The van der Waals surface area contributed by atoms with E-state index in [9.17, 15) is 16.8 Å². The van der Waals surface area contributed by atoms with Crippen LogP contribution >= 0.6 is 0 Å². The van der Waals surface area contributed by atoms with E-state index in [4.69, 9.17) is 13.8 Å². The summed E-state index contributed by atoms with van der Waals surface area (Å²) in [5.74, 6) is 0.331. The predicted molar refractivity (Wildman–Crippen MR) is 90.2 cm³/mol. The zero-order valence-electron chi connectivity index (χ0n) is 13.2. The number of para-hydroxylation sites is 1. The van der Waals surface area contributed by atoms with Crippen LogP contribution in [0.1, 0.15) is 11.7 Å². The van der Waals surface area contributed by atoms with Crippen LogP contribution in [-0.2, 0) is 29.2 Å². The van der Waals surface area contributed by atoms with Crippen LogP contribution in [0.15, 0.2) is 60.7 Å². The van der Waals surface area contributed by atoms with Crippen LogP contribution in [0.25, 0.3) is 0 Å². The molecule has 2 aromatic carbocycles. The van der Waals surface area contributed by atoms with Crippen molar-refractivity contribution in [3.8, 4) is 5.75 Å².